The SMILES string of the molecule is Cl.c1ccc(CCNC2CCCC2)cc1. The van der Waals surface area contributed by atoms with E-state index in [1.165, 1.54) is 31.2 Å². The fourth-order valence-corrected chi connectivity index (χ4v) is 2.20. The van der Waals surface area contributed by atoms with Gasteiger partial charge >= 0.3 is 0 Å². The molecule has 0 saturated heterocycles. The predicted molar refractivity (Wildman–Crippen MR) is 67.7 cm³/mol. The lowest BCUT2D eigenvalue weighted by Crippen LogP contribution is -2.27. The molecule has 0 radical (unpaired) electrons. The highest BCUT2D eigenvalue weighted by Crippen LogP contribution is 2.17. The van der Waals surface area contributed by atoms with Crippen molar-refractivity contribution in [2.24, 2.45) is 0 Å². The second-order valence-electron chi connectivity index (χ2n) is 4.17. The molecule has 1 aromatic carbocycles. The molecule has 0 aliphatic heterocycles. The van der Waals surface area contributed by atoms with Crippen molar-refractivity contribution < 1.29 is 0 Å². The van der Waals surface area contributed by atoms with E-state index >= 15 is 0 Å². The van der Waals surface area contributed by atoms with Crippen LogP contribution < -0.4 is 5.32 Å². The monoisotopic (exact) mass is 225 g/mol. The lowest BCUT2D eigenvalue weighted by molar-refractivity contribution is 0.528. The summed E-state index contributed by atoms with van der Waals surface area (Å²) >= 11 is 0. The first kappa shape index (κ1) is 12.5. The summed E-state index contributed by atoms with van der Waals surface area (Å²) in [5, 5.41) is 3.63. The van der Waals surface area contributed by atoms with Gasteiger partial charge in [-0.2, -0.15) is 0 Å². The highest BCUT2D eigenvalue weighted by atomic mass is 35.5. The molecule has 1 aromatic rings. The van der Waals surface area contributed by atoms with Gasteiger partial charge < -0.3 is 5.32 Å². The van der Waals surface area contributed by atoms with Gasteiger partial charge in [0.15, 0.2) is 0 Å². The van der Waals surface area contributed by atoms with Gasteiger partial charge in [-0.05, 0) is 31.4 Å². The Bertz CT molecular complexity index is 254. The smallest absolute Gasteiger partial charge is 0.00671 e. The van der Waals surface area contributed by atoms with E-state index in [9.17, 15) is 0 Å². The summed E-state index contributed by atoms with van der Waals surface area (Å²) in [6.07, 6.45) is 6.77. The summed E-state index contributed by atoms with van der Waals surface area (Å²) in [6.45, 7) is 1.13. The average molecular weight is 226 g/mol. The van der Waals surface area contributed by atoms with Crippen LogP contribution >= 0.6 is 12.4 Å². The maximum atomic E-state index is 3.63. The van der Waals surface area contributed by atoms with Gasteiger partial charge in [0.05, 0.1) is 0 Å². The lowest BCUT2D eigenvalue weighted by Gasteiger charge is -2.11. The Morgan fingerprint density at radius 3 is 2.40 bits per heavy atom. The van der Waals surface area contributed by atoms with Crippen LogP contribution in [0.3, 0.4) is 0 Å². The van der Waals surface area contributed by atoms with Crippen LogP contribution in [0.2, 0.25) is 0 Å². The molecule has 1 fully saturated rings. The molecule has 84 valence electrons. The third-order valence-electron chi connectivity index (χ3n) is 3.04. The van der Waals surface area contributed by atoms with Crippen molar-refractivity contribution in [3.05, 3.63) is 35.9 Å². The van der Waals surface area contributed by atoms with E-state index in [1.54, 1.807) is 0 Å². The van der Waals surface area contributed by atoms with Crippen molar-refractivity contribution in [3.8, 4) is 0 Å². The fourth-order valence-electron chi connectivity index (χ4n) is 2.20. The first-order valence-electron chi connectivity index (χ1n) is 5.72. The van der Waals surface area contributed by atoms with Crippen molar-refractivity contribution >= 4 is 12.4 Å². The van der Waals surface area contributed by atoms with E-state index in [0.29, 0.717) is 0 Å². The Kier molecular flexibility index (Phi) is 5.74. The van der Waals surface area contributed by atoms with Crippen LogP contribution in [0.15, 0.2) is 30.3 Å². The van der Waals surface area contributed by atoms with Crippen molar-refractivity contribution in [2.75, 3.05) is 6.54 Å². The zero-order chi connectivity index (χ0) is 9.64. The van der Waals surface area contributed by atoms with Crippen LogP contribution in [0.4, 0.5) is 0 Å². The zero-order valence-electron chi connectivity index (χ0n) is 9.11. The second kappa shape index (κ2) is 6.86. The molecule has 0 amide bonds. The first-order chi connectivity index (χ1) is 6.95. The summed E-state index contributed by atoms with van der Waals surface area (Å²) < 4.78 is 0. The second-order valence-corrected chi connectivity index (χ2v) is 4.17. The van der Waals surface area contributed by atoms with Crippen molar-refractivity contribution in [3.63, 3.8) is 0 Å². The van der Waals surface area contributed by atoms with Crippen molar-refractivity contribution in [1.29, 1.82) is 0 Å². The third-order valence-corrected chi connectivity index (χ3v) is 3.04. The average Bonchev–Trinajstić information content (AvgIpc) is 2.72. The normalized spacial score (nSPS) is 16.3. The lowest BCUT2D eigenvalue weighted by atomic mass is 10.1. The standard InChI is InChI=1S/C13H19N.ClH/c1-2-6-12(7-3-1)10-11-14-13-8-4-5-9-13;/h1-3,6-7,13-14H,4-5,8-11H2;1H. The highest BCUT2D eigenvalue weighted by Gasteiger charge is 2.13. The number of hydrogen-bond donors (Lipinski definition) is 1. The van der Waals surface area contributed by atoms with Gasteiger partial charge in [0, 0.05) is 6.04 Å². The molecule has 1 aliphatic carbocycles. The van der Waals surface area contributed by atoms with E-state index in [2.05, 4.69) is 35.6 Å². The molecule has 2 rings (SSSR count). The quantitative estimate of drug-likeness (QED) is 0.830. The van der Waals surface area contributed by atoms with Gasteiger partial charge in [-0.25, -0.2) is 0 Å². The maximum Gasteiger partial charge on any atom is 0.00671 e. The molecule has 0 unspecified atom stereocenters. The van der Waals surface area contributed by atoms with Gasteiger partial charge in [0.25, 0.3) is 0 Å². The predicted octanol–water partition coefficient (Wildman–Crippen LogP) is 3.18. The summed E-state index contributed by atoms with van der Waals surface area (Å²) in [4.78, 5) is 0. The number of benzene rings is 1. The van der Waals surface area contributed by atoms with Gasteiger partial charge in [0.1, 0.15) is 0 Å². The van der Waals surface area contributed by atoms with Gasteiger partial charge in [-0.1, -0.05) is 43.2 Å². The minimum atomic E-state index is 0. The highest BCUT2D eigenvalue weighted by molar-refractivity contribution is 5.85. The van der Waals surface area contributed by atoms with Crippen LogP contribution in [0.1, 0.15) is 31.2 Å². The maximum absolute atomic E-state index is 3.63. The number of hydrogen-bond acceptors (Lipinski definition) is 1. The zero-order valence-corrected chi connectivity index (χ0v) is 9.93. The molecule has 1 N–H and O–H groups in total. The van der Waals surface area contributed by atoms with E-state index < -0.39 is 0 Å². The van der Waals surface area contributed by atoms with Crippen LogP contribution in [0, 0.1) is 0 Å². The molecule has 0 bridgehead atoms. The molecule has 0 heterocycles. The van der Waals surface area contributed by atoms with E-state index in [-0.39, 0.29) is 12.4 Å². The minimum Gasteiger partial charge on any atom is -0.314 e. The first-order valence-corrected chi connectivity index (χ1v) is 5.72. The molecule has 0 aromatic heterocycles. The Labute approximate surface area is 98.7 Å². The Morgan fingerprint density at radius 1 is 1.07 bits per heavy atom. The third kappa shape index (κ3) is 4.23. The van der Waals surface area contributed by atoms with Crippen LogP contribution in [-0.4, -0.2) is 12.6 Å². The van der Waals surface area contributed by atoms with E-state index in [1.807, 2.05) is 0 Å². The number of nitrogens with one attached hydrogen (secondary N) is 1. The van der Waals surface area contributed by atoms with Gasteiger partial charge in [0.2, 0.25) is 0 Å². The molecule has 0 atom stereocenters. The molecule has 1 nitrogen and oxygen atoms in total. The van der Waals surface area contributed by atoms with Crippen molar-refractivity contribution in [1.82, 2.24) is 5.32 Å². The molecule has 2 heteroatoms. The fraction of sp³-hybridized carbons (Fsp3) is 0.538. The minimum absolute atomic E-state index is 0. The Hall–Kier alpha value is -0.530. The Morgan fingerprint density at radius 2 is 1.73 bits per heavy atom. The summed E-state index contributed by atoms with van der Waals surface area (Å²) in [7, 11) is 0. The summed E-state index contributed by atoms with van der Waals surface area (Å²) in [5.41, 5.74) is 1.44. The molecule has 15 heavy (non-hydrogen) atoms. The van der Waals surface area contributed by atoms with E-state index in [0.717, 1.165) is 19.0 Å². The largest absolute Gasteiger partial charge is 0.314 e. The van der Waals surface area contributed by atoms with Gasteiger partial charge in [-0.3, -0.25) is 0 Å². The van der Waals surface area contributed by atoms with Crippen molar-refractivity contribution in [2.45, 2.75) is 38.1 Å². The molecular formula is C13H20ClN. The van der Waals surface area contributed by atoms with E-state index in [4.69, 9.17) is 0 Å². The number of halogens is 1. The molecule has 1 aliphatic rings. The van der Waals surface area contributed by atoms with Crippen LogP contribution in [-0.2, 0) is 6.42 Å². The topological polar surface area (TPSA) is 12.0 Å². The summed E-state index contributed by atoms with van der Waals surface area (Å²) in [6, 6.07) is 11.5. The molecule has 1 saturated carbocycles. The summed E-state index contributed by atoms with van der Waals surface area (Å²) in [5.74, 6) is 0. The van der Waals surface area contributed by atoms with Crippen LogP contribution in [0.25, 0.3) is 0 Å². The Balaban J connectivity index is 0.00000112. The van der Waals surface area contributed by atoms with Gasteiger partial charge in [-0.15, -0.1) is 12.4 Å². The molecule has 0 spiro atoms. The van der Waals surface area contributed by atoms with Crippen LogP contribution in [0.5, 0.6) is 0 Å². The molecular weight excluding hydrogens is 206 g/mol. The number of rotatable bonds is 4.